The molecule has 0 radical (unpaired) electrons. The number of benzene rings is 2. The lowest BCUT2D eigenvalue weighted by Gasteiger charge is -2.21. The van der Waals surface area contributed by atoms with Gasteiger partial charge in [-0.1, -0.05) is 85.6 Å². The second-order valence-electron chi connectivity index (χ2n) is 6.63. The van der Waals surface area contributed by atoms with Crippen molar-refractivity contribution >= 4 is 39.6 Å². The maximum atomic E-state index is 4.84. The maximum Gasteiger partial charge on any atom is 0.177 e. The molecule has 1 N–H and O–H groups in total. The highest BCUT2D eigenvalue weighted by atomic mass is 79.9. The van der Waals surface area contributed by atoms with E-state index in [9.17, 15) is 0 Å². The molecule has 1 aliphatic heterocycles. The molecule has 1 aliphatic carbocycles. The number of hydrogen-bond donors (Lipinski definition) is 1. The fraction of sp³-hybridized carbons (Fsp3) is 0.333. The number of nitrogens with zero attached hydrogens (tertiary/aromatic N) is 2. The molecule has 26 heavy (non-hydrogen) atoms. The Morgan fingerprint density at radius 1 is 0.846 bits per heavy atom. The smallest absolute Gasteiger partial charge is 0.177 e. The lowest BCUT2D eigenvalue weighted by atomic mass is 9.96. The highest BCUT2D eigenvalue weighted by Gasteiger charge is 2.17. The number of aliphatic imine (C=N–C) groups is 1. The van der Waals surface area contributed by atoms with Gasteiger partial charge in [0.25, 0.3) is 0 Å². The molecular weight excluding hydrogens is 406 g/mol. The van der Waals surface area contributed by atoms with Crippen molar-refractivity contribution in [3.8, 4) is 11.1 Å². The van der Waals surface area contributed by atoms with Gasteiger partial charge >= 0.3 is 0 Å². The van der Waals surface area contributed by atoms with Gasteiger partial charge in [-0.25, -0.2) is 0 Å². The molecule has 0 atom stereocenters. The summed E-state index contributed by atoms with van der Waals surface area (Å²) in [4.78, 5) is 4.84. The first-order chi connectivity index (χ1) is 12.4. The summed E-state index contributed by atoms with van der Waals surface area (Å²) in [6.45, 7) is 0. The van der Waals surface area contributed by atoms with E-state index in [1.807, 2.05) is 6.07 Å². The van der Waals surface area contributed by atoms with Crippen LogP contribution < -0.4 is 5.43 Å². The van der Waals surface area contributed by atoms with Crippen molar-refractivity contribution in [3.05, 3.63) is 60.2 Å². The highest BCUT2D eigenvalue weighted by molar-refractivity contribution is 8.93. The maximum absolute atomic E-state index is 4.84. The Morgan fingerprint density at radius 3 is 2.15 bits per heavy atom. The van der Waals surface area contributed by atoms with Crippen LogP contribution in [0.1, 0.15) is 37.7 Å². The van der Waals surface area contributed by atoms with Crippen molar-refractivity contribution < 1.29 is 0 Å². The fourth-order valence-corrected chi connectivity index (χ4v) is 4.23. The summed E-state index contributed by atoms with van der Waals surface area (Å²) >= 11 is 1.77. The number of nitrogens with one attached hydrogen (secondary N) is 1. The van der Waals surface area contributed by atoms with Gasteiger partial charge in [0, 0.05) is 5.75 Å². The third-order valence-corrected chi connectivity index (χ3v) is 5.72. The quantitative estimate of drug-likeness (QED) is 0.682. The van der Waals surface area contributed by atoms with Crippen LogP contribution in [0.25, 0.3) is 11.1 Å². The minimum Gasteiger partial charge on any atom is -0.258 e. The second-order valence-corrected chi connectivity index (χ2v) is 7.59. The Labute approximate surface area is 170 Å². The standard InChI is InChI=1S/C21H23N3S.BrH/c1-3-7-16(8-4-1)17-11-13-18(14-12-17)20-15-25-21(24-23-20)22-19-9-5-2-6-10-19;/h1,3-4,7-8,11-14,19H,2,5-6,9-10,15H2,(H,22,24);1H. The Bertz CT molecular complexity index is 766. The summed E-state index contributed by atoms with van der Waals surface area (Å²) in [5, 5.41) is 5.55. The molecule has 2 aliphatic rings. The molecule has 5 heteroatoms. The van der Waals surface area contributed by atoms with E-state index >= 15 is 0 Å². The molecule has 3 nitrogen and oxygen atoms in total. The first-order valence-corrected chi connectivity index (χ1v) is 10.1. The van der Waals surface area contributed by atoms with Crippen LogP contribution in [0.3, 0.4) is 0 Å². The SMILES string of the molecule is Br.c1ccc(-c2ccc(C3=NNC(=NC4CCCCC4)SC3)cc2)cc1. The molecule has 1 fully saturated rings. The van der Waals surface area contributed by atoms with Gasteiger partial charge in [-0.3, -0.25) is 10.4 Å². The van der Waals surface area contributed by atoms with Crippen LogP contribution in [0.2, 0.25) is 0 Å². The van der Waals surface area contributed by atoms with Crippen molar-refractivity contribution in [2.24, 2.45) is 10.1 Å². The van der Waals surface area contributed by atoms with Crippen molar-refractivity contribution in [2.75, 3.05) is 5.75 Å². The first kappa shape index (κ1) is 19.2. The van der Waals surface area contributed by atoms with Crippen LogP contribution in [0.15, 0.2) is 64.7 Å². The Hall–Kier alpha value is -1.59. The number of hydrazone groups is 1. The average Bonchev–Trinajstić information content (AvgIpc) is 2.70. The molecule has 1 heterocycles. The molecule has 0 unspecified atom stereocenters. The molecule has 0 bridgehead atoms. The van der Waals surface area contributed by atoms with E-state index in [2.05, 4.69) is 59.1 Å². The zero-order valence-electron chi connectivity index (χ0n) is 14.7. The molecule has 2 aromatic rings. The van der Waals surface area contributed by atoms with Crippen LogP contribution in [-0.2, 0) is 0 Å². The van der Waals surface area contributed by atoms with Crippen LogP contribution in [0.5, 0.6) is 0 Å². The number of halogens is 1. The predicted octanol–water partition coefficient (Wildman–Crippen LogP) is 5.66. The first-order valence-electron chi connectivity index (χ1n) is 9.07. The molecule has 0 saturated heterocycles. The largest absolute Gasteiger partial charge is 0.258 e. The molecular formula is C21H24BrN3S. The highest BCUT2D eigenvalue weighted by Crippen LogP contribution is 2.23. The minimum absolute atomic E-state index is 0. The predicted molar refractivity (Wildman–Crippen MR) is 119 cm³/mol. The molecule has 2 aromatic carbocycles. The van der Waals surface area contributed by atoms with E-state index < -0.39 is 0 Å². The third-order valence-electron chi connectivity index (χ3n) is 4.83. The van der Waals surface area contributed by atoms with Crippen molar-refractivity contribution in [2.45, 2.75) is 38.1 Å². The number of amidine groups is 1. The zero-order valence-corrected chi connectivity index (χ0v) is 17.3. The molecule has 0 aromatic heterocycles. The summed E-state index contributed by atoms with van der Waals surface area (Å²) in [6.07, 6.45) is 6.44. The van der Waals surface area contributed by atoms with Gasteiger partial charge in [-0.05, 0) is 29.5 Å². The third kappa shape index (κ3) is 4.77. The number of hydrogen-bond acceptors (Lipinski definition) is 3. The van der Waals surface area contributed by atoms with Gasteiger partial charge < -0.3 is 0 Å². The van der Waals surface area contributed by atoms with Gasteiger partial charge in [0.2, 0.25) is 0 Å². The number of thioether (sulfide) groups is 1. The van der Waals surface area contributed by atoms with Crippen molar-refractivity contribution in [3.63, 3.8) is 0 Å². The second kappa shape index (κ2) is 9.38. The van der Waals surface area contributed by atoms with Crippen LogP contribution >= 0.6 is 28.7 Å². The molecule has 136 valence electrons. The number of rotatable bonds is 3. The fourth-order valence-electron chi connectivity index (χ4n) is 3.39. The van der Waals surface area contributed by atoms with Gasteiger partial charge in [0.1, 0.15) is 0 Å². The van der Waals surface area contributed by atoms with Crippen molar-refractivity contribution in [1.82, 2.24) is 5.43 Å². The molecule has 0 spiro atoms. The molecule has 1 saturated carbocycles. The monoisotopic (exact) mass is 429 g/mol. The Kier molecular flexibility index (Phi) is 6.92. The Morgan fingerprint density at radius 2 is 1.50 bits per heavy atom. The van der Waals surface area contributed by atoms with E-state index in [-0.39, 0.29) is 17.0 Å². The normalized spacial score (nSPS) is 19.4. The average molecular weight is 430 g/mol. The minimum atomic E-state index is 0. The van der Waals surface area contributed by atoms with E-state index in [1.54, 1.807) is 11.8 Å². The summed E-state index contributed by atoms with van der Waals surface area (Å²) in [7, 11) is 0. The summed E-state index contributed by atoms with van der Waals surface area (Å²) in [5.74, 6) is 0.878. The summed E-state index contributed by atoms with van der Waals surface area (Å²) < 4.78 is 0. The van der Waals surface area contributed by atoms with Crippen LogP contribution in [0, 0.1) is 0 Å². The Balaban J connectivity index is 0.00000196. The zero-order chi connectivity index (χ0) is 16.9. The van der Waals surface area contributed by atoms with Crippen LogP contribution in [-0.4, -0.2) is 22.7 Å². The summed E-state index contributed by atoms with van der Waals surface area (Å²) in [6, 6.07) is 19.6. The lowest BCUT2D eigenvalue weighted by Crippen LogP contribution is -2.27. The van der Waals surface area contributed by atoms with E-state index in [4.69, 9.17) is 4.99 Å². The van der Waals surface area contributed by atoms with E-state index in [0.717, 1.165) is 16.6 Å². The van der Waals surface area contributed by atoms with Gasteiger partial charge in [-0.2, -0.15) is 5.10 Å². The van der Waals surface area contributed by atoms with Gasteiger partial charge in [0.05, 0.1) is 11.8 Å². The van der Waals surface area contributed by atoms with Gasteiger partial charge in [0.15, 0.2) is 5.17 Å². The van der Waals surface area contributed by atoms with Crippen LogP contribution in [0.4, 0.5) is 0 Å². The van der Waals surface area contributed by atoms with Crippen molar-refractivity contribution in [1.29, 1.82) is 0 Å². The van der Waals surface area contributed by atoms with Gasteiger partial charge in [-0.15, -0.1) is 17.0 Å². The van der Waals surface area contributed by atoms with E-state index in [1.165, 1.54) is 48.8 Å². The lowest BCUT2D eigenvalue weighted by molar-refractivity contribution is 0.443. The summed E-state index contributed by atoms with van der Waals surface area (Å²) in [5.41, 5.74) is 7.91. The molecule has 4 rings (SSSR count). The van der Waals surface area contributed by atoms with E-state index in [0.29, 0.717) is 6.04 Å². The molecule has 0 amide bonds. The topological polar surface area (TPSA) is 36.8 Å².